The minimum atomic E-state index is 0. The summed E-state index contributed by atoms with van der Waals surface area (Å²) >= 11 is 0. The molecule has 0 aliphatic rings. The van der Waals surface area contributed by atoms with Crippen LogP contribution in [0.25, 0.3) is 10.8 Å². The van der Waals surface area contributed by atoms with Crippen molar-refractivity contribution in [2.24, 2.45) is 0 Å². The predicted octanol–water partition coefficient (Wildman–Crippen LogP) is 2.55. The molecular formula is C10H10ClNO. The Labute approximate surface area is 82.4 Å². The first-order chi connectivity index (χ1) is 5.79. The monoisotopic (exact) mass is 195 g/mol. The lowest BCUT2D eigenvalue weighted by molar-refractivity contribution is 0.481. The molecule has 13 heavy (non-hydrogen) atoms. The highest BCUT2D eigenvalue weighted by molar-refractivity contribution is 5.96. The Balaban J connectivity index is 0.000000845. The number of anilines is 1. The van der Waals surface area contributed by atoms with E-state index >= 15 is 0 Å². The fraction of sp³-hybridized carbons (Fsp3) is 0. The second kappa shape index (κ2) is 3.54. The lowest BCUT2D eigenvalue weighted by Gasteiger charge is -2.02. The van der Waals surface area contributed by atoms with Crippen LogP contribution in [0.5, 0.6) is 5.75 Å². The highest BCUT2D eigenvalue weighted by atomic mass is 35.5. The Hall–Kier alpha value is -1.41. The van der Waals surface area contributed by atoms with Crippen molar-refractivity contribution < 1.29 is 5.11 Å². The Morgan fingerprint density at radius 1 is 0.923 bits per heavy atom. The Morgan fingerprint density at radius 3 is 2.15 bits per heavy atom. The smallest absolute Gasteiger partial charge is 0.123 e. The molecule has 2 nitrogen and oxygen atoms in total. The van der Waals surface area contributed by atoms with Gasteiger partial charge in [-0.2, -0.15) is 0 Å². The molecule has 0 spiro atoms. The number of benzene rings is 2. The second-order valence-corrected chi connectivity index (χ2v) is 2.72. The third-order valence-electron chi connectivity index (χ3n) is 1.93. The molecular weight excluding hydrogens is 186 g/mol. The number of fused-ring (bicyclic) bond motifs is 1. The number of rotatable bonds is 0. The molecule has 2 aromatic rings. The van der Waals surface area contributed by atoms with Gasteiger partial charge in [0.1, 0.15) is 5.75 Å². The summed E-state index contributed by atoms with van der Waals surface area (Å²) in [5.41, 5.74) is 6.41. The normalized spacial score (nSPS) is 9.54. The lowest BCUT2D eigenvalue weighted by Crippen LogP contribution is -1.85. The number of phenols is 1. The number of nitrogens with two attached hydrogens (primary N) is 1. The van der Waals surface area contributed by atoms with E-state index in [0.717, 1.165) is 10.8 Å². The quantitative estimate of drug-likeness (QED) is 0.501. The minimum absolute atomic E-state index is 0. The highest BCUT2D eigenvalue weighted by Crippen LogP contribution is 2.28. The fourth-order valence-electron chi connectivity index (χ4n) is 1.31. The summed E-state index contributed by atoms with van der Waals surface area (Å²) in [6.45, 7) is 0. The summed E-state index contributed by atoms with van der Waals surface area (Å²) in [7, 11) is 0. The Bertz CT molecular complexity index is 388. The van der Waals surface area contributed by atoms with Crippen molar-refractivity contribution in [2.45, 2.75) is 0 Å². The zero-order valence-electron chi connectivity index (χ0n) is 6.90. The van der Waals surface area contributed by atoms with Crippen LogP contribution in [-0.2, 0) is 0 Å². The zero-order valence-corrected chi connectivity index (χ0v) is 7.71. The number of aromatic hydroxyl groups is 1. The summed E-state index contributed by atoms with van der Waals surface area (Å²) in [5.74, 6) is 0.278. The molecule has 0 saturated carbocycles. The zero-order chi connectivity index (χ0) is 8.55. The highest BCUT2D eigenvalue weighted by Gasteiger charge is 2.00. The van der Waals surface area contributed by atoms with Crippen LogP contribution in [0.1, 0.15) is 0 Å². The molecule has 0 amide bonds. The largest absolute Gasteiger partial charge is 0.507 e. The standard InChI is InChI=1S/C10H9NO.ClH/c11-9-5-6-10(12)8-4-2-1-3-7(8)9;/h1-6,12H,11H2;1H. The van der Waals surface area contributed by atoms with Crippen LogP contribution < -0.4 is 5.73 Å². The van der Waals surface area contributed by atoms with Crippen molar-refractivity contribution in [2.75, 3.05) is 5.73 Å². The van der Waals surface area contributed by atoms with Gasteiger partial charge in [0, 0.05) is 16.5 Å². The minimum Gasteiger partial charge on any atom is -0.507 e. The molecule has 0 heterocycles. The maximum atomic E-state index is 9.44. The molecule has 3 heteroatoms. The second-order valence-electron chi connectivity index (χ2n) is 2.72. The molecule has 0 unspecified atom stereocenters. The third kappa shape index (κ3) is 1.53. The van der Waals surface area contributed by atoms with Crippen LogP contribution in [0.4, 0.5) is 5.69 Å². The molecule has 0 bridgehead atoms. The average Bonchev–Trinajstić information content (AvgIpc) is 2.12. The first kappa shape index (κ1) is 9.68. The molecule has 0 radical (unpaired) electrons. The van der Waals surface area contributed by atoms with Crippen LogP contribution in [0.3, 0.4) is 0 Å². The van der Waals surface area contributed by atoms with Gasteiger partial charge in [-0.15, -0.1) is 12.4 Å². The summed E-state index contributed by atoms with van der Waals surface area (Å²) in [6.07, 6.45) is 0. The van der Waals surface area contributed by atoms with E-state index in [1.165, 1.54) is 0 Å². The SMILES string of the molecule is Cl.Nc1ccc(O)c2ccccc12. The van der Waals surface area contributed by atoms with Gasteiger partial charge >= 0.3 is 0 Å². The molecule has 68 valence electrons. The molecule has 0 fully saturated rings. The van der Waals surface area contributed by atoms with Crippen molar-refractivity contribution in [3.8, 4) is 5.75 Å². The van der Waals surface area contributed by atoms with Gasteiger partial charge in [-0.25, -0.2) is 0 Å². The summed E-state index contributed by atoms with van der Waals surface area (Å²) in [5, 5.41) is 11.1. The van der Waals surface area contributed by atoms with Gasteiger partial charge in [-0.3, -0.25) is 0 Å². The lowest BCUT2D eigenvalue weighted by atomic mass is 10.1. The van der Waals surface area contributed by atoms with Crippen LogP contribution in [0.15, 0.2) is 36.4 Å². The maximum absolute atomic E-state index is 9.44. The topological polar surface area (TPSA) is 46.2 Å². The van der Waals surface area contributed by atoms with E-state index in [-0.39, 0.29) is 18.2 Å². The van der Waals surface area contributed by atoms with Gasteiger partial charge in [0.2, 0.25) is 0 Å². The molecule has 0 atom stereocenters. The van der Waals surface area contributed by atoms with Gasteiger partial charge in [-0.1, -0.05) is 24.3 Å². The molecule has 0 aromatic heterocycles. The average molecular weight is 196 g/mol. The van der Waals surface area contributed by atoms with Crippen molar-refractivity contribution in [1.82, 2.24) is 0 Å². The predicted molar refractivity (Wildman–Crippen MR) is 57.3 cm³/mol. The van der Waals surface area contributed by atoms with E-state index in [2.05, 4.69) is 0 Å². The van der Waals surface area contributed by atoms with Gasteiger partial charge in [0.05, 0.1) is 0 Å². The van der Waals surface area contributed by atoms with Gasteiger partial charge in [0.15, 0.2) is 0 Å². The summed E-state index contributed by atoms with van der Waals surface area (Å²) in [4.78, 5) is 0. The van der Waals surface area contributed by atoms with Crippen molar-refractivity contribution >= 4 is 28.9 Å². The van der Waals surface area contributed by atoms with E-state index in [9.17, 15) is 5.11 Å². The number of halogens is 1. The van der Waals surface area contributed by atoms with E-state index in [4.69, 9.17) is 5.73 Å². The maximum Gasteiger partial charge on any atom is 0.123 e. The van der Waals surface area contributed by atoms with Gasteiger partial charge < -0.3 is 10.8 Å². The van der Waals surface area contributed by atoms with Crippen molar-refractivity contribution in [3.05, 3.63) is 36.4 Å². The van der Waals surface area contributed by atoms with Crippen molar-refractivity contribution in [3.63, 3.8) is 0 Å². The van der Waals surface area contributed by atoms with E-state index < -0.39 is 0 Å². The molecule has 2 rings (SSSR count). The molecule has 3 N–H and O–H groups in total. The number of hydrogen-bond donors (Lipinski definition) is 2. The first-order valence-corrected chi connectivity index (χ1v) is 3.75. The number of nitrogen functional groups attached to an aromatic ring is 1. The summed E-state index contributed by atoms with van der Waals surface area (Å²) in [6, 6.07) is 10.8. The van der Waals surface area contributed by atoms with E-state index in [0.29, 0.717) is 5.69 Å². The number of hydrogen-bond acceptors (Lipinski definition) is 2. The van der Waals surface area contributed by atoms with Crippen molar-refractivity contribution in [1.29, 1.82) is 0 Å². The van der Waals surface area contributed by atoms with Crippen LogP contribution in [0, 0.1) is 0 Å². The molecule has 0 aliphatic heterocycles. The Morgan fingerprint density at radius 2 is 1.54 bits per heavy atom. The molecule has 0 saturated heterocycles. The van der Waals surface area contributed by atoms with Crippen LogP contribution >= 0.6 is 12.4 Å². The molecule has 2 aromatic carbocycles. The first-order valence-electron chi connectivity index (χ1n) is 3.75. The van der Waals surface area contributed by atoms with E-state index in [1.807, 2.05) is 24.3 Å². The van der Waals surface area contributed by atoms with Gasteiger partial charge in [-0.05, 0) is 12.1 Å². The Kier molecular flexibility index (Phi) is 2.63. The van der Waals surface area contributed by atoms with Gasteiger partial charge in [0.25, 0.3) is 0 Å². The number of phenolic OH excluding ortho intramolecular Hbond substituents is 1. The third-order valence-corrected chi connectivity index (χ3v) is 1.93. The van der Waals surface area contributed by atoms with E-state index in [1.54, 1.807) is 12.1 Å². The fourth-order valence-corrected chi connectivity index (χ4v) is 1.31. The molecule has 0 aliphatic carbocycles. The van der Waals surface area contributed by atoms with Crippen LogP contribution in [0.2, 0.25) is 0 Å². The summed E-state index contributed by atoms with van der Waals surface area (Å²) < 4.78 is 0. The van der Waals surface area contributed by atoms with Crippen LogP contribution in [-0.4, -0.2) is 5.11 Å².